The second-order valence-electron chi connectivity index (χ2n) is 2.54. The van der Waals surface area contributed by atoms with Gasteiger partial charge in [0.25, 0.3) is 0 Å². The van der Waals surface area contributed by atoms with Gasteiger partial charge in [0.1, 0.15) is 0 Å². The predicted molar refractivity (Wildman–Crippen MR) is 55.4 cm³/mol. The fraction of sp³-hybridized carbons (Fsp3) is 0.200. The van der Waals surface area contributed by atoms with Crippen LogP contribution in [-0.4, -0.2) is 0 Å². The Labute approximate surface area is 79.7 Å². The second kappa shape index (κ2) is 5.81. The lowest BCUT2D eigenvalue weighted by atomic mass is 10.1. The molecule has 1 aromatic carbocycles. The van der Waals surface area contributed by atoms with Gasteiger partial charge < -0.3 is 5.73 Å². The lowest BCUT2D eigenvalue weighted by Gasteiger charge is -2.07. The van der Waals surface area contributed by atoms with Gasteiger partial charge >= 0.3 is 0 Å². The number of hydrogen-bond acceptors (Lipinski definition) is 1. The highest BCUT2D eigenvalue weighted by atomic mass is 35.5. The van der Waals surface area contributed by atoms with Crippen LogP contribution in [0.25, 0.3) is 0 Å². The van der Waals surface area contributed by atoms with E-state index in [1.165, 1.54) is 5.56 Å². The standard InChI is InChI=1S/C10H13N.ClH/c1-2-6-10(11)9-7-4-3-5-8-9;/h2-5,7-8,10H,1,6,11H2;1H/t10-;/m1./s1. The molecule has 12 heavy (non-hydrogen) atoms. The number of nitrogens with two attached hydrogens (primary N) is 1. The molecule has 0 heterocycles. The molecule has 0 bridgehead atoms. The van der Waals surface area contributed by atoms with E-state index in [1.54, 1.807) is 0 Å². The summed E-state index contributed by atoms with van der Waals surface area (Å²) >= 11 is 0. The molecule has 66 valence electrons. The number of halogens is 1. The van der Waals surface area contributed by atoms with E-state index >= 15 is 0 Å². The van der Waals surface area contributed by atoms with Crippen LogP contribution in [-0.2, 0) is 0 Å². The van der Waals surface area contributed by atoms with Crippen LogP contribution in [0.5, 0.6) is 0 Å². The summed E-state index contributed by atoms with van der Waals surface area (Å²) in [5.74, 6) is 0. The zero-order valence-corrected chi connectivity index (χ0v) is 7.76. The van der Waals surface area contributed by atoms with Gasteiger partial charge in [-0.1, -0.05) is 36.4 Å². The molecule has 1 atom stereocenters. The quantitative estimate of drug-likeness (QED) is 0.717. The Kier molecular flexibility index (Phi) is 5.43. The Balaban J connectivity index is 0.00000121. The Bertz CT molecular complexity index is 221. The van der Waals surface area contributed by atoms with Crippen molar-refractivity contribution in [1.82, 2.24) is 0 Å². The zero-order valence-electron chi connectivity index (χ0n) is 6.94. The number of rotatable bonds is 3. The fourth-order valence-electron chi connectivity index (χ4n) is 1.02. The fourth-order valence-corrected chi connectivity index (χ4v) is 1.02. The Morgan fingerprint density at radius 2 is 1.92 bits per heavy atom. The Morgan fingerprint density at radius 3 is 2.42 bits per heavy atom. The summed E-state index contributed by atoms with van der Waals surface area (Å²) in [5.41, 5.74) is 7.01. The molecule has 0 amide bonds. The van der Waals surface area contributed by atoms with Gasteiger partial charge in [-0.25, -0.2) is 0 Å². The zero-order chi connectivity index (χ0) is 8.10. The van der Waals surface area contributed by atoms with Gasteiger partial charge in [0.15, 0.2) is 0 Å². The largest absolute Gasteiger partial charge is 0.324 e. The van der Waals surface area contributed by atoms with E-state index in [2.05, 4.69) is 6.58 Å². The molecule has 0 saturated carbocycles. The maximum atomic E-state index is 5.83. The van der Waals surface area contributed by atoms with Crippen molar-refractivity contribution in [2.75, 3.05) is 0 Å². The highest BCUT2D eigenvalue weighted by molar-refractivity contribution is 5.85. The highest BCUT2D eigenvalue weighted by Gasteiger charge is 2.00. The van der Waals surface area contributed by atoms with Gasteiger partial charge in [-0.15, -0.1) is 19.0 Å². The number of benzene rings is 1. The minimum Gasteiger partial charge on any atom is -0.324 e. The van der Waals surface area contributed by atoms with Crippen molar-refractivity contribution in [2.45, 2.75) is 12.5 Å². The minimum absolute atomic E-state index is 0. The van der Waals surface area contributed by atoms with Crippen molar-refractivity contribution in [3.63, 3.8) is 0 Å². The SMILES string of the molecule is C=CC[C@@H](N)c1ccccc1.Cl. The van der Waals surface area contributed by atoms with Gasteiger partial charge in [-0.3, -0.25) is 0 Å². The van der Waals surface area contributed by atoms with Gasteiger partial charge in [0.05, 0.1) is 0 Å². The summed E-state index contributed by atoms with van der Waals surface area (Å²) in [6.07, 6.45) is 2.68. The molecule has 0 aliphatic rings. The van der Waals surface area contributed by atoms with E-state index in [1.807, 2.05) is 36.4 Å². The van der Waals surface area contributed by atoms with Crippen molar-refractivity contribution in [3.8, 4) is 0 Å². The van der Waals surface area contributed by atoms with Gasteiger partial charge in [0.2, 0.25) is 0 Å². The molecule has 0 aromatic heterocycles. The summed E-state index contributed by atoms with van der Waals surface area (Å²) in [7, 11) is 0. The van der Waals surface area contributed by atoms with E-state index in [0.717, 1.165) is 6.42 Å². The van der Waals surface area contributed by atoms with E-state index < -0.39 is 0 Å². The third-order valence-electron chi connectivity index (χ3n) is 1.65. The van der Waals surface area contributed by atoms with Crippen molar-refractivity contribution in [1.29, 1.82) is 0 Å². The molecule has 0 unspecified atom stereocenters. The molecule has 0 spiro atoms. The number of hydrogen-bond donors (Lipinski definition) is 1. The molecule has 0 fully saturated rings. The van der Waals surface area contributed by atoms with Crippen molar-refractivity contribution >= 4 is 12.4 Å². The molecule has 1 rings (SSSR count). The van der Waals surface area contributed by atoms with E-state index in [4.69, 9.17) is 5.73 Å². The van der Waals surface area contributed by atoms with E-state index in [0.29, 0.717) is 0 Å². The van der Waals surface area contributed by atoms with Crippen molar-refractivity contribution in [2.24, 2.45) is 5.73 Å². The smallest absolute Gasteiger partial charge is 0.0329 e. The first-order valence-corrected chi connectivity index (χ1v) is 3.76. The summed E-state index contributed by atoms with van der Waals surface area (Å²) in [6.45, 7) is 3.65. The average molecular weight is 184 g/mol. The van der Waals surface area contributed by atoms with Crippen molar-refractivity contribution in [3.05, 3.63) is 48.6 Å². The Morgan fingerprint density at radius 1 is 1.33 bits per heavy atom. The van der Waals surface area contributed by atoms with E-state index in [9.17, 15) is 0 Å². The normalized spacial score (nSPS) is 11.4. The highest BCUT2D eigenvalue weighted by Crippen LogP contribution is 2.12. The van der Waals surface area contributed by atoms with Crippen LogP contribution >= 0.6 is 12.4 Å². The van der Waals surface area contributed by atoms with E-state index in [-0.39, 0.29) is 18.4 Å². The lowest BCUT2D eigenvalue weighted by molar-refractivity contribution is 0.742. The van der Waals surface area contributed by atoms with Crippen LogP contribution in [0, 0.1) is 0 Å². The average Bonchev–Trinajstić information content (AvgIpc) is 2.07. The summed E-state index contributed by atoms with van der Waals surface area (Å²) in [4.78, 5) is 0. The first kappa shape index (κ1) is 11.2. The summed E-state index contributed by atoms with van der Waals surface area (Å²) < 4.78 is 0. The van der Waals surface area contributed by atoms with Crippen LogP contribution in [0.1, 0.15) is 18.0 Å². The molecule has 2 N–H and O–H groups in total. The Hall–Kier alpha value is -0.790. The van der Waals surface area contributed by atoms with Crippen LogP contribution in [0.2, 0.25) is 0 Å². The third kappa shape index (κ3) is 3.07. The molecule has 0 saturated heterocycles. The topological polar surface area (TPSA) is 26.0 Å². The third-order valence-corrected chi connectivity index (χ3v) is 1.65. The molecule has 0 aliphatic heterocycles. The van der Waals surface area contributed by atoms with Crippen LogP contribution in [0.4, 0.5) is 0 Å². The monoisotopic (exact) mass is 183 g/mol. The minimum atomic E-state index is 0. The summed E-state index contributed by atoms with van der Waals surface area (Å²) in [6, 6.07) is 10.2. The predicted octanol–water partition coefficient (Wildman–Crippen LogP) is 2.68. The van der Waals surface area contributed by atoms with Gasteiger partial charge in [-0.2, -0.15) is 0 Å². The molecular formula is C10H14ClN. The van der Waals surface area contributed by atoms with Crippen LogP contribution < -0.4 is 5.73 Å². The van der Waals surface area contributed by atoms with Crippen molar-refractivity contribution < 1.29 is 0 Å². The van der Waals surface area contributed by atoms with Crippen LogP contribution in [0.3, 0.4) is 0 Å². The second-order valence-corrected chi connectivity index (χ2v) is 2.54. The molecule has 0 radical (unpaired) electrons. The molecule has 0 aliphatic carbocycles. The molecule has 1 nitrogen and oxygen atoms in total. The van der Waals surface area contributed by atoms with Gasteiger partial charge in [0, 0.05) is 6.04 Å². The molecular weight excluding hydrogens is 170 g/mol. The maximum absolute atomic E-state index is 5.83. The first-order chi connectivity index (χ1) is 5.34. The summed E-state index contributed by atoms with van der Waals surface area (Å²) in [5, 5.41) is 0. The molecule has 1 aromatic rings. The van der Waals surface area contributed by atoms with Crippen LogP contribution in [0.15, 0.2) is 43.0 Å². The molecule has 2 heteroatoms. The lowest BCUT2D eigenvalue weighted by Crippen LogP contribution is -2.08. The maximum Gasteiger partial charge on any atom is 0.0329 e. The first-order valence-electron chi connectivity index (χ1n) is 3.76. The van der Waals surface area contributed by atoms with Gasteiger partial charge in [-0.05, 0) is 12.0 Å².